The fraction of sp³-hybridized carbons (Fsp3) is 0.105. The van der Waals surface area contributed by atoms with Gasteiger partial charge in [0.25, 0.3) is 0 Å². The fourth-order valence-electron chi connectivity index (χ4n) is 4.94. The molecule has 0 N–H and O–H groups in total. The highest BCUT2D eigenvalue weighted by molar-refractivity contribution is 7.19. The molecule has 6 aromatic heterocycles. The normalized spacial score (nSPS) is 11.8. The molecule has 6 heterocycles. The van der Waals surface area contributed by atoms with Crippen molar-refractivity contribution in [1.29, 1.82) is 10.5 Å². The molecule has 14 heteroatoms. The van der Waals surface area contributed by atoms with Crippen molar-refractivity contribution in [2.75, 3.05) is 0 Å². The van der Waals surface area contributed by atoms with Gasteiger partial charge in [0.2, 0.25) is 0 Å². The Labute approximate surface area is 305 Å². The van der Waals surface area contributed by atoms with Gasteiger partial charge in [-0.05, 0) is 66.2 Å². The molecule has 2 aromatic carbocycles. The van der Waals surface area contributed by atoms with Gasteiger partial charge in [0.05, 0.1) is 49.7 Å². The number of aromatic nitrogens is 8. The van der Waals surface area contributed by atoms with Crippen LogP contribution in [-0.2, 0) is 13.2 Å². The van der Waals surface area contributed by atoms with Crippen molar-refractivity contribution in [1.82, 2.24) is 39.9 Å². The third-order valence-corrected chi connectivity index (χ3v) is 9.67. The summed E-state index contributed by atoms with van der Waals surface area (Å²) in [6, 6.07) is 33.4. The van der Waals surface area contributed by atoms with Gasteiger partial charge in [0.15, 0.2) is 0 Å². The quantitative estimate of drug-likeness (QED) is 0.137. The summed E-state index contributed by atoms with van der Waals surface area (Å²) in [6.07, 6.45) is 8.30. The Balaban J connectivity index is 0.000000162. The van der Waals surface area contributed by atoms with Crippen molar-refractivity contribution in [2.45, 2.75) is 25.0 Å². The van der Waals surface area contributed by atoms with E-state index in [0.29, 0.717) is 28.0 Å². The maximum Gasteiger partial charge on any atom is 0.316 e. The second-order valence-electron chi connectivity index (χ2n) is 10.9. The molecule has 2 atom stereocenters. The molecule has 0 spiro atoms. The number of thiazole rings is 2. The first-order chi connectivity index (χ1) is 25.7. The summed E-state index contributed by atoms with van der Waals surface area (Å²) in [5.41, 5.74) is 4.66. The molecule has 0 aliphatic rings. The highest BCUT2D eigenvalue weighted by Crippen LogP contribution is 2.32. The van der Waals surface area contributed by atoms with Crippen LogP contribution in [0.2, 0.25) is 0 Å². The average molecular weight is 719 g/mol. The standard InChI is InChI=1S/2C19H13N5OS/c20-11-14(18-23-16-6-1-2-7-17(16)26-18)15-8-10-22-19(24-15)25-12-13-5-3-4-9-21-13;20-11-14(18-23-16-3-1-2-4-17(16)26-18)15-7-10-22-19(24-15)25-12-13-5-8-21-9-6-13/h2*1-10,14H,12H2. The van der Waals surface area contributed by atoms with E-state index in [-0.39, 0.29) is 18.6 Å². The highest BCUT2D eigenvalue weighted by atomic mass is 32.1. The Hall–Kier alpha value is -6.74. The van der Waals surface area contributed by atoms with Gasteiger partial charge in [0, 0.05) is 31.0 Å². The number of rotatable bonds is 10. The molecule has 2 unspecified atom stereocenters. The fourth-order valence-corrected chi connectivity index (χ4v) is 6.99. The first kappa shape index (κ1) is 33.7. The molecule has 0 amide bonds. The van der Waals surface area contributed by atoms with E-state index in [0.717, 1.165) is 31.7 Å². The van der Waals surface area contributed by atoms with E-state index in [2.05, 4.69) is 52.0 Å². The minimum Gasteiger partial charge on any atom is -0.459 e. The number of hydrogen-bond donors (Lipinski definition) is 0. The van der Waals surface area contributed by atoms with E-state index in [9.17, 15) is 10.5 Å². The molecule has 0 saturated carbocycles. The van der Waals surface area contributed by atoms with Gasteiger partial charge in [-0.1, -0.05) is 30.3 Å². The zero-order valence-corrected chi connectivity index (χ0v) is 28.9. The topological polar surface area (TPSA) is 169 Å². The molecule has 8 rings (SSSR count). The Morgan fingerprint density at radius 1 is 0.538 bits per heavy atom. The van der Waals surface area contributed by atoms with Crippen molar-refractivity contribution in [3.05, 3.63) is 155 Å². The van der Waals surface area contributed by atoms with Crippen LogP contribution in [0.25, 0.3) is 20.4 Å². The van der Waals surface area contributed by atoms with Gasteiger partial charge >= 0.3 is 12.0 Å². The van der Waals surface area contributed by atoms with Gasteiger partial charge in [-0.25, -0.2) is 19.9 Å². The van der Waals surface area contributed by atoms with E-state index in [1.54, 1.807) is 43.1 Å². The van der Waals surface area contributed by atoms with Gasteiger partial charge in [0.1, 0.15) is 35.1 Å². The van der Waals surface area contributed by atoms with Crippen LogP contribution in [0.4, 0.5) is 0 Å². The van der Waals surface area contributed by atoms with E-state index in [1.165, 1.54) is 22.7 Å². The third-order valence-electron chi connectivity index (χ3n) is 7.47. The Morgan fingerprint density at radius 3 is 1.60 bits per heavy atom. The average Bonchev–Trinajstić information content (AvgIpc) is 3.83. The van der Waals surface area contributed by atoms with Crippen LogP contribution >= 0.6 is 22.7 Å². The summed E-state index contributed by atoms with van der Waals surface area (Å²) < 4.78 is 13.3. The lowest BCUT2D eigenvalue weighted by Crippen LogP contribution is -2.05. The van der Waals surface area contributed by atoms with Crippen LogP contribution in [-0.4, -0.2) is 39.9 Å². The minimum absolute atomic E-state index is 0.217. The number of pyridine rings is 2. The summed E-state index contributed by atoms with van der Waals surface area (Å²) in [5, 5.41) is 20.8. The zero-order chi connectivity index (χ0) is 35.5. The summed E-state index contributed by atoms with van der Waals surface area (Å²) in [6.45, 7) is 0.604. The molecule has 0 fully saturated rings. The SMILES string of the molecule is N#CC(c1ccnc(OCc2ccccn2)n1)c1nc2ccccc2s1.N#CC(c1ccnc(OCc2ccncc2)n1)c1nc2ccccc2s1. The number of benzene rings is 2. The first-order valence-corrected chi connectivity index (χ1v) is 17.5. The lowest BCUT2D eigenvalue weighted by molar-refractivity contribution is 0.275. The van der Waals surface area contributed by atoms with Crippen LogP contribution in [0, 0.1) is 22.7 Å². The smallest absolute Gasteiger partial charge is 0.316 e. The largest absolute Gasteiger partial charge is 0.459 e. The van der Waals surface area contributed by atoms with Crippen LogP contribution in [0.3, 0.4) is 0 Å². The number of para-hydroxylation sites is 2. The van der Waals surface area contributed by atoms with Crippen LogP contribution in [0.1, 0.15) is 44.5 Å². The summed E-state index contributed by atoms with van der Waals surface area (Å²) >= 11 is 3.00. The van der Waals surface area contributed by atoms with E-state index >= 15 is 0 Å². The van der Waals surface area contributed by atoms with E-state index < -0.39 is 11.8 Å². The van der Waals surface area contributed by atoms with Crippen molar-refractivity contribution >= 4 is 43.1 Å². The maximum absolute atomic E-state index is 9.67. The van der Waals surface area contributed by atoms with E-state index in [1.807, 2.05) is 78.9 Å². The second-order valence-corrected chi connectivity index (χ2v) is 13.1. The van der Waals surface area contributed by atoms with E-state index in [4.69, 9.17) is 9.47 Å². The van der Waals surface area contributed by atoms with Crippen molar-refractivity contribution in [3.8, 4) is 24.2 Å². The maximum atomic E-state index is 9.67. The van der Waals surface area contributed by atoms with Gasteiger partial charge in [-0.2, -0.15) is 20.5 Å². The predicted octanol–water partition coefficient (Wildman–Crippen LogP) is 7.43. The molecule has 8 aromatic rings. The Kier molecular flexibility index (Phi) is 10.6. The van der Waals surface area contributed by atoms with Crippen LogP contribution in [0.5, 0.6) is 12.0 Å². The molecular formula is C38H26N10O2S2. The number of nitriles is 2. The van der Waals surface area contributed by atoms with Gasteiger partial charge < -0.3 is 9.47 Å². The number of hydrogen-bond acceptors (Lipinski definition) is 14. The Bertz CT molecular complexity index is 2260. The molecule has 0 aliphatic heterocycles. The lowest BCUT2D eigenvalue weighted by Gasteiger charge is -2.08. The lowest BCUT2D eigenvalue weighted by atomic mass is 10.1. The minimum atomic E-state index is -0.562. The molecule has 0 bridgehead atoms. The summed E-state index contributed by atoms with van der Waals surface area (Å²) in [7, 11) is 0. The summed E-state index contributed by atoms with van der Waals surface area (Å²) in [4.78, 5) is 34.4. The molecular weight excluding hydrogens is 693 g/mol. The number of ether oxygens (including phenoxy) is 2. The number of fused-ring (bicyclic) bond motifs is 2. The zero-order valence-electron chi connectivity index (χ0n) is 27.2. The van der Waals surface area contributed by atoms with Crippen molar-refractivity contribution in [2.24, 2.45) is 0 Å². The first-order valence-electron chi connectivity index (χ1n) is 15.9. The number of nitrogens with zero attached hydrogens (tertiary/aromatic N) is 10. The molecule has 12 nitrogen and oxygen atoms in total. The summed E-state index contributed by atoms with van der Waals surface area (Å²) in [5.74, 6) is -1.12. The van der Waals surface area contributed by atoms with Gasteiger partial charge in [-0.15, -0.1) is 22.7 Å². The van der Waals surface area contributed by atoms with Crippen molar-refractivity contribution in [3.63, 3.8) is 0 Å². The second kappa shape index (κ2) is 16.3. The molecule has 252 valence electrons. The molecule has 0 aliphatic carbocycles. The Morgan fingerprint density at radius 2 is 1.08 bits per heavy atom. The van der Waals surface area contributed by atoms with Crippen molar-refractivity contribution < 1.29 is 9.47 Å². The molecule has 0 saturated heterocycles. The van der Waals surface area contributed by atoms with Gasteiger partial charge in [-0.3, -0.25) is 9.97 Å². The third kappa shape index (κ3) is 8.17. The molecule has 52 heavy (non-hydrogen) atoms. The molecule has 0 radical (unpaired) electrons. The van der Waals surface area contributed by atoms with Crippen LogP contribution < -0.4 is 9.47 Å². The monoisotopic (exact) mass is 718 g/mol. The predicted molar refractivity (Wildman–Crippen MR) is 195 cm³/mol. The van der Waals surface area contributed by atoms with Crippen LogP contribution in [0.15, 0.2) is 122 Å². The highest BCUT2D eigenvalue weighted by Gasteiger charge is 2.22.